The van der Waals surface area contributed by atoms with E-state index in [4.69, 9.17) is 11.6 Å². The number of hydrogen-bond acceptors (Lipinski definition) is 5. The fourth-order valence-corrected chi connectivity index (χ4v) is 3.28. The number of benzene rings is 2. The number of ketones is 1. The Bertz CT molecular complexity index is 837. The van der Waals surface area contributed by atoms with Crippen molar-refractivity contribution in [1.29, 1.82) is 0 Å². The summed E-state index contributed by atoms with van der Waals surface area (Å²) in [5, 5.41) is 12.6. The molecular formula is C17H15ClN4OS. The molecule has 3 aromatic rings. The number of rotatable bonds is 6. The normalized spacial score (nSPS) is 12.1. The van der Waals surface area contributed by atoms with Crippen LogP contribution in [0.5, 0.6) is 0 Å². The molecule has 0 saturated carbocycles. The Kier molecular flexibility index (Phi) is 5.27. The molecule has 24 heavy (non-hydrogen) atoms. The molecule has 0 saturated heterocycles. The van der Waals surface area contributed by atoms with Gasteiger partial charge in [0.1, 0.15) is 0 Å². The van der Waals surface area contributed by atoms with Gasteiger partial charge in [0.25, 0.3) is 0 Å². The largest absolute Gasteiger partial charge is 0.293 e. The first kappa shape index (κ1) is 16.7. The van der Waals surface area contributed by atoms with Crippen molar-refractivity contribution in [2.45, 2.75) is 23.9 Å². The predicted octanol–water partition coefficient (Wildman–Crippen LogP) is 3.74. The van der Waals surface area contributed by atoms with Gasteiger partial charge >= 0.3 is 0 Å². The van der Waals surface area contributed by atoms with Crippen LogP contribution in [-0.4, -0.2) is 31.2 Å². The fraction of sp³-hybridized carbons (Fsp3) is 0.176. The molecule has 1 heterocycles. The van der Waals surface area contributed by atoms with Gasteiger partial charge in [0.05, 0.1) is 11.8 Å². The van der Waals surface area contributed by atoms with Crippen LogP contribution in [0.3, 0.4) is 0 Å². The van der Waals surface area contributed by atoms with Crippen LogP contribution in [0.2, 0.25) is 5.02 Å². The smallest absolute Gasteiger partial charge is 0.210 e. The van der Waals surface area contributed by atoms with Gasteiger partial charge in [-0.05, 0) is 35.0 Å². The van der Waals surface area contributed by atoms with E-state index in [1.807, 2.05) is 37.3 Å². The van der Waals surface area contributed by atoms with Crippen molar-refractivity contribution in [3.05, 3.63) is 70.7 Å². The standard InChI is InChI=1S/C17H15ClN4OS/c1-12(16(23)14-8-5-9-15(18)10-14)24-17-19-20-21-22(17)11-13-6-3-2-4-7-13/h2-10,12H,11H2,1H3. The zero-order valence-corrected chi connectivity index (χ0v) is 14.5. The molecule has 1 atom stereocenters. The number of carbonyl (C=O) groups is 1. The van der Waals surface area contributed by atoms with E-state index in [9.17, 15) is 4.79 Å². The van der Waals surface area contributed by atoms with Gasteiger partial charge in [-0.3, -0.25) is 4.79 Å². The molecule has 0 radical (unpaired) electrons. The van der Waals surface area contributed by atoms with E-state index in [1.165, 1.54) is 11.8 Å². The summed E-state index contributed by atoms with van der Waals surface area (Å²) in [5.74, 6) is -0.00300. The Labute approximate surface area is 149 Å². The average Bonchev–Trinajstić information content (AvgIpc) is 3.02. The SMILES string of the molecule is CC(Sc1nnnn1Cc1ccccc1)C(=O)c1cccc(Cl)c1. The van der Waals surface area contributed by atoms with E-state index < -0.39 is 0 Å². The van der Waals surface area contributed by atoms with E-state index in [0.717, 1.165) is 5.56 Å². The summed E-state index contributed by atoms with van der Waals surface area (Å²) in [6.45, 7) is 2.41. The highest BCUT2D eigenvalue weighted by Gasteiger charge is 2.20. The van der Waals surface area contributed by atoms with Gasteiger partial charge in [0, 0.05) is 10.6 Å². The Morgan fingerprint density at radius 1 is 1.21 bits per heavy atom. The number of thioether (sulfide) groups is 1. The zero-order valence-electron chi connectivity index (χ0n) is 13.0. The minimum atomic E-state index is -0.316. The molecule has 2 aromatic carbocycles. The van der Waals surface area contributed by atoms with E-state index in [0.29, 0.717) is 22.3 Å². The second-order valence-corrected chi connectivity index (χ2v) is 6.98. The third-order valence-electron chi connectivity index (χ3n) is 3.43. The van der Waals surface area contributed by atoms with Crippen LogP contribution in [0.4, 0.5) is 0 Å². The maximum Gasteiger partial charge on any atom is 0.210 e. The van der Waals surface area contributed by atoms with E-state index >= 15 is 0 Å². The summed E-state index contributed by atoms with van der Waals surface area (Å²) >= 11 is 7.30. The van der Waals surface area contributed by atoms with Crippen molar-refractivity contribution in [3.63, 3.8) is 0 Å². The zero-order chi connectivity index (χ0) is 16.9. The van der Waals surface area contributed by atoms with Gasteiger partial charge in [0.2, 0.25) is 5.16 Å². The number of nitrogens with zero attached hydrogens (tertiary/aromatic N) is 4. The lowest BCUT2D eigenvalue weighted by Gasteiger charge is -2.10. The Morgan fingerprint density at radius 2 is 2.00 bits per heavy atom. The predicted molar refractivity (Wildman–Crippen MR) is 94.5 cm³/mol. The maximum atomic E-state index is 12.5. The van der Waals surface area contributed by atoms with Gasteiger partial charge in [-0.1, -0.05) is 65.8 Å². The Balaban J connectivity index is 1.72. The monoisotopic (exact) mass is 358 g/mol. The van der Waals surface area contributed by atoms with Crippen molar-refractivity contribution < 1.29 is 4.79 Å². The molecule has 7 heteroatoms. The average molecular weight is 359 g/mol. The van der Waals surface area contributed by atoms with Crippen LogP contribution in [0.1, 0.15) is 22.8 Å². The van der Waals surface area contributed by atoms with Crippen LogP contribution < -0.4 is 0 Å². The van der Waals surface area contributed by atoms with Gasteiger partial charge in [-0.25, -0.2) is 4.68 Å². The molecule has 0 bridgehead atoms. The number of aromatic nitrogens is 4. The van der Waals surface area contributed by atoms with Crippen LogP contribution >= 0.6 is 23.4 Å². The quantitative estimate of drug-likeness (QED) is 0.496. The van der Waals surface area contributed by atoms with E-state index in [-0.39, 0.29) is 11.0 Å². The second-order valence-electron chi connectivity index (χ2n) is 5.24. The van der Waals surface area contributed by atoms with Crippen LogP contribution in [-0.2, 0) is 6.54 Å². The fourth-order valence-electron chi connectivity index (χ4n) is 2.22. The molecule has 122 valence electrons. The van der Waals surface area contributed by atoms with Gasteiger partial charge in [-0.15, -0.1) is 5.10 Å². The first-order chi connectivity index (χ1) is 11.6. The summed E-state index contributed by atoms with van der Waals surface area (Å²) in [7, 11) is 0. The number of carbonyl (C=O) groups excluding carboxylic acids is 1. The Morgan fingerprint density at radius 3 is 2.75 bits per heavy atom. The first-order valence-corrected chi connectivity index (χ1v) is 8.66. The molecule has 3 rings (SSSR count). The van der Waals surface area contributed by atoms with Crippen LogP contribution in [0.15, 0.2) is 59.8 Å². The maximum absolute atomic E-state index is 12.5. The molecule has 0 aliphatic carbocycles. The van der Waals surface area contributed by atoms with Crippen LogP contribution in [0.25, 0.3) is 0 Å². The van der Waals surface area contributed by atoms with Crippen molar-refractivity contribution >= 4 is 29.1 Å². The molecule has 0 aliphatic heterocycles. The molecule has 5 nitrogen and oxygen atoms in total. The van der Waals surface area contributed by atoms with E-state index in [1.54, 1.807) is 28.9 Å². The number of Topliss-reactive ketones (excluding diaryl/α,β-unsaturated/α-hetero) is 1. The Hall–Kier alpha value is -2.18. The molecule has 0 fully saturated rings. The number of halogens is 1. The minimum Gasteiger partial charge on any atom is -0.293 e. The highest BCUT2D eigenvalue weighted by molar-refractivity contribution is 8.00. The lowest BCUT2D eigenvalue weighted by molar-refractivity contribution is 0.0994. The molecule has 1 unspecified atom stereocenters. The summed E-state index contributed by atoms with van der Waals surface area (Å²) in [4.78, 5) is 12.5. The third-order valence-corrected chi connectivity index (χ3v) is 4.74. The molecular weight excluding hydrogens is 344 g/mol. The minimum absolute atomic E-state index is 0.00300. The van der Waals surface area contributed by atoms with Crippen molar-refractivity contribution in [2.24, 2.45) is 0 Å². The first-order valence-electron chi connectivity index (χ1n) is 7.40. The number of hydrogen-bond donors (Lipinski definition) is 0. The van der Waals surface area contributed by atoms with E-state index in [2.05, 4.69) is 15.5 Å². The summed E-state index contributed by atoms with van der Waals surface area (Å²) < 4.78 is 1.70. The molecule has 0 N–H and O–H groups in total. The van der Waals surface area contributed by atoms with Gasteiger partial charge in [0.15, 0.2) is 5.78 Å². The third kappa shape index (κ3) is 4.01. The lowest BCUT2D eigenvalue weighted by Crippen LogP contribution is -2.15. The van der Waals surface area contributed by atoms with Gasteiger partial charge in [-0.2, -0.15) is 0 Å². The molecule has 0 spiro atoms. The highest BCUT2D eigenvalue weighted by atomic mass is 35.5. The number of tetrazole rings is 1. The second kappa shape index (κ2) is 7.59. The molecule has 1 aromatic heterocycles. The molecule has 0 amide bonds. The topological polar surface area (TPSA) is 60.7 Å². The summed E-state index contributed by atoms with van der Waals surface area (Å²) in [6.07, 6.45) is 0. The van der Waals surface area contributed by atoms with Crippen LogP contribution in [0, 0.1) is 0 Å². The summed E-state index contributed by atoms with van der Waals surface area (Å²) in [5.41, 5.74) is 1.69. The summed E-state index contributed by atoms with van der Waals surface area (Å²) in [6, 6.07) is 16.9. The van der Waals surface area contributed by atoms with Crippen molar-refractivity contribution in [1.82, 2.24) is 20.2 Å². The molecule has 0 aliphatic rings. The lowest BCUT2D eigenvalue weighted by atomic mass is 10.1. The van der Waals surface area contributed by atoms with Gasteiger partial charge < -0.3 is 0 Å². The van der Waals surface area contributed by atoms with Crippen molar-refractivity contribution in [2.75, 3.05) is 0 Å². The highest BCUT2D eigenvalue weighted by Crippen LogP contribution is 2.24. The van der Waals surface area contributed by atoms with Crippen molar-refractivity contribution in [3.8, 4) is 0 Å².